The third kappa shape index (κ3) is 8.34. The van der Waals surface area contributed by atoms with E-state index in [0.29, 0.717) is 0 Å². The smallest absolute Gasteiger partial charge is 0.0572 e. The highest BCUT2D eigenvalue weighted by atomic mass is 15.0. The van der Waals surface area contributed by atoms with Crippen molar-refractivity contribution in [2.24, 2.45) is 5.41 Å². The van der Waals surface area contributed by atoms with E-state index >= 15 is 0 Å². The van der Waals surface area contributed by atoms with Gasteiger partial charge in [0.1, 0.15) is 0 Å². The van der Waals surface area contributed by atoms with Gasteiger partial charge in [-0.1, -0.05) is 74.8 Å². The predicted octanol–water partition coefficient (Wildman–Crippen LogP) is 16.1. The van der Waals surface area contributed by atoms with Gasteiger partial charge in [0.2, 0.25) is 0 Å². The zero-order chi connectivity index (χ0) is 53.0. The SMILES string of the molecule is C=Cc1c(C)c(C)c(C=C)n1-c1ccc(CC(Cc2ccc(-n3c(C=C)c(C)c4cnccc43)cc2)(Cc2ccc(-n3c(C=C)c(C)c4cnccc43)cc2)Cc2ccc(-n3c4ccncc4c4cnccc43)cc2)cc1. The van der Waals surface area contributed by atoms with Crippen molar-refractivity contribution in [1.29, 1.82) is 0 Å². The average Bonchev–Trinajstić information content (AvgIpc) is 4.17. The molecule has 0 N–H and O–H groups in total. The van der Waals surface area contributed by atoms with E-state index in [-0.39, 0.29) is 5.41 Å². The molecule has 8 heteroatoms. The van der Waals surface area contributed by atoms with E-state index in [4.69, 9.17) is 0 Å². The lowest BCUT2D eigenvalue weighted by molar-refractivity contribution is 0.275. The normalized spacial score (nSPS) is 11.8. The second kappa shape index (κ2) is 19.7. The van der Waals surface area contributed by atoms with Gasteiger partial charge in [0.05, 0.1) is 22.1 Å². The number of aromatic nitrogens is 8. The molecule has 0 spiro atoms. The van der Waals surface area contributed by atoms with Crippen LogP contribution >= 0.6 is 0 Å². The minimum Gasteiger partial charge on any atom is -0.310 e. The summed E-state index contributed by atoms with van der Waals surface area (Å²) in [7, 11) is 0. The van der Waals surface area contributed by atoms with E-state index in [1.165, 1.54) is 44.5 Å². The highest BCUT2D eigenvalue weighted by Crippen LogP contribution is 2.40. The van der Waals surface area contributed by atoms with Crippen LogP contribution in [0.3, 0.4) is 0 Å². The molecule has 0 saturated carbocycles. The zero-order valence-electron chi connectivity index (χ0n) is 44.2. The molecule has 0 saturated heterocycles. The van der Waals surface area contributed by atoms with Crippen molar-refractivity contribution in [2.75, 3.05) is 0 Å². The standard InChI is InChI=1S/C69H60N8/c1-9-61-45(5)46(6)62(10-2)74(61)53-21-13-49(14-22-53)37-69(38-50-15-23-54(24-16-50)75-63(11-3)47(7)57-41-70-33-29-65(57)75,39-51-17-25-55(26-18-51)76-64(12-4)48(8)58-42-71-34-30-66(58)76)40-52-19-27-56(28-20-52)77-67-31-35-72-43-59(67)60-44-73-36-32-68(60)77/h9-36,41-44H,1-4,37-40H2,5-8H3. The van der Waals surface area contributed by atoms with Crippen LogP contribution in [-0.4, -0.2) is 38.2 Å². The maximum Gasteiger partial charge on any atom is 0.0572 e. The summed E-state index contributed by atoms with van der Waals surface area (Å²) in [6, 6.07) is 45.2. The molecule has 376 valence electrons. The monoisotopic (exact) mass is 1000 g/mol. The van der Waals surface area contributed by atoms with E-state index in [1.807, 2.05) is 73.9 Å². The van der Waals surface area contributed by atoms with Gasteiger partial charge in [-0.05, 0) is 200 Å². The number of benzene rings is 4. The first-order chi connectivity index (χ1) is 37.6. The highest BCUT2D eigenvalue weighted by Gasteiger charge is 2.33. The van der Waals surface area contributed by atoms with Crippen molar-refractivity contribution >= 4 is 67.9 Å². The Morgan fingerprint density at radius 3 is 0.896 bits per heavy atom. The molecule has 8 nitrogen and oxygen atoms in total. The molecule has 8 aromatic heterocycles. The van der Waals surface area contributed by atoms with Crippen molar-refractivity contribution in [3.63, 3.8) is 0 Å². The number of nitrogens with zero attached hydrogens (tertiary/aromatic N) is 8. The van der Waals surface area contributed by atoms with Crippen LogP contribution in [0.5, 0.6) is 0 Å². The number of rotatable bonds is 16. The Balaban J connectivity index is 0.989. The van der Waals surface area contributed by atoms with Gasteiger partial charge in [-0.15, -0.1) is 0 Å². The Hall–Kier alpha value is -9.40. The Morgan fingerprint density at radius 2 is 0.584 bits per heavy atom. The molecule has 8 heterocycles. The van der Waals surface area contributed by atoms with Gasteiger partial charge >= 0.3 is 0 Å². The van der Waals surface area contributed by atoms with Crippen LogP contribution < -0.4 is 0 Å². The van der Waals surface area contributed by atoms with Crippen molar-refractivity contribution in [1.82, 2.24) is 38.2 Å². The average molecular weight is 1000 g/mol. The zero-order valence-corrected chi connectivity index (χ0v) is 44.2. The van der Waals surface area contributed by atoms with Gasteiger partial charge < -0.3 is 18.3 Å². The van der Waals surface area contributed by atoms with Crippen molar-refractivity contribution in [3.8, 4) is 22.7 Å². The summed E-state index contributed by atoms with van der Waals surface area (Å²) in [6.07, 6.45) is 26.4. The predicted molar refractivity (Wildman–Crippen MR) is 321 cm³/mol. The van der Waals surface area contributed by atoms with E-state index in [1.54, 1.807) is 0 Å². The summed E-state index contributed by atoms with van der Waals surface area (Å²) in [5, 5.41) is 4.42. The Kier molecular flexibility index (Phi) is 12.4. The molecule has 12 aromatic rings. The molecular weight excluding hydrogens is 941 g/mol. The molecule has 12 rings (SSSR count). The molecule has 0 unspecified atom stereocenters. The lowest BCUT2D eigenvalue weighted by atomic mass is 9.68. The van der Waals surface area contributed by atoms with Crippen LogP contribution in [0, 0.1) is 33.1 Å². The minimum absolute atomic E-state index is 0.293. The first-order valence-electron chi connectivity index (χ1n) is 26.3. The fourth-order valence-electron chi connectivity index (χ4n) is 12.4. The quantitative estimate of drug-likeness (QED) is 0.0967. The summed E-state index contributed by atoms with van der Waals surface area (Å²) >= 11 is 0. The van der Waals surface area contributed by atoms with Crippen molar-refractivity contribution in [2.45, 2.75) is 53.4 Å². The molecule has 77 heavy (non-hydrogen) atoms. The molecule has 0 radical (unpaired) electrons. The maximum atomic E-state index is 4.48. The second-order valence-electron chi connectivity index (χ2n) is 20.6. The second-order valence-corrected chi connectivity index (χ2v) is 20.6. The minimum atomic E-state index is -0.293. The Morgan fingerprint density at radius 1 is 0.325 bits per heavy atom. The first kappa shape index (κ1) is 48.5. The molecule has 0 aliphatic heterocycles. The van der Waals surface area contributed by atoms with Crippen LogP contribution in [0.4, 0.5) is 0 Å². The molecule has 0 bridgehead atoms. The van der Waals surface area contributed by atoms with E-state index in [0.717, 1.165) is 115 Å². The van der Waals surface area contributed by atoms with E-state index < -0.39 is 0 Å². The Labute approximate surface area is 450 Å². The lowest BCUT2D eigenvalue weighted by Crippen LogP contribution is -2.32. The summed E-state index contributed by atoms with van der Waals surface area (Å²) in [4.78, 5) is 17.9. The number of aryl methyl sites for hydroxylation is 2. The first-order valence-corrected chi connectivity index (χ1v) is 26.3. The molecule has 0 fully saturated rings. The number of pyridine rings is 4. The molecule has 0 amide bonds. The van der Waals surface area contributed by atoms with Crippen LogP contribution in [0.1, 0.15) is 67.3 Å². The fraction of sp³-hybridized carbons (Fsp3) is 0.130. The van der Waals surface area contributed by atoms with Crippen molar-refractivity contribution < 1.29 is 0 Å². The van der Waals surface area contributed by atoms with Crippen LogP contribution in [-0.2, 0) is 25.7 Å². The summed E-state index contributed by atoms with van der Waals surface area (Å²) in [5.74, 6) is 0. The summed E-state index contributed by atoms with van der Waals surface area (Å²) in [6.45, 7) is 25.5. The third-order valence-corrected chi connectivity index (χ3v) is 16.2. The highest BCUT2D eigenvalue weighted by molar-refractivity contribution is 6.08. The van der Waals surface area contributed by atoms with Gasteiger partial charge in [-0.2, -0.15) is 0 Å². The van der Waals surface area contributed by atoms with Gasteiger partial charge in [0.15, 0.2) is 0 Å². The molecule has 0 atom stereocenters. The largest absolute Gasteiger partial charge is 0.310 e. The third-order valence-electron chi connectivity index (χ3n) is 16.2. The van der Waals surface area contributed by atoms with Gasteiger partial charge in [0, 0.05) is 117 Å². The maximum absolute atomic E-state index is 4.48. The molecular formula is C69H60N8. The summed E-state index contributed by atoms with van der Waals surface area (Å²) < 4.78 is 9.22. The summed E-state index contributed by atoms with van der Waals surface area (Å²) in [5.41, 5.74) is 22.7. The fourth-order valence-corrected chi connectivity index (χ4v) is 12.4. The van der Waals surface area contributed by atoms with Gasteiger partial charge in [0.25, 0.3) is 0 Å². The Bertz CT molecular complexity index is 4030. The number of fused-ring (bicyclic) bond motifs is 5. The topological polar surface area (TPSA) is 71.3 Å². The molecule has 4 aromatic carbocycles. The van der Waals surface area contributed by atoms with E-state index in [9.17, 15) is 0 Å². The number of hydrogen-bond acceptors (Lipinski definition) is 4. The van der Waals surface area contributed by atoms with Crippen LogP contribution in [0.25, 0.3) is 90.7 Å². The van der Waals surface area contributed by atoms with Crippen LogP contribution in [0.15, 0.2) is 197 Å². The van der Waals surface area contributed by atoms with Crippen LogP contribution in [0.2, 0.25) is 0 Å². The molecule has 0 aliphatic rings. The lowest BCUT2D eigenvalue weighted by Gasteiger charge is -2.36. The van der Waals surface area contributed by atoms with E-state index in [2.05, 4.69) is 214 Å². The van der Waals surface area contributed by atoms with Gasteiger partial charge in [-0.3, -0.25) is 19.9 Å². The van der Waals surface area contributed by atoms with Crippen molar-refractivity contribution in [3.05, 3.63) is 265 Å². The van der Waals surface area contributed by atoms with Gasteiger partial charge in [-0.25, -0.2) is 0 Å². The number of hydrogen-bond donors (Lipinski definition) is 0. The molecule has 0 aliphatic carbocycles.